The van der Waals surface area contributed by atoms with Crippen molar-refractivity contribution in [3.63, 3.8) is 0 Å². The predicted molar refractivity (Wildman–Crippen MR) is 94.8 cm³/mol. The maximum Gasteiger partial charge on any atom is 0.0725 e. The molecule has 0 rings (SSSR count). The van der Waals surface area contributed by atoms with Gasteiger partial charge in [-0.05, 0) is 19.8 Å². The zero-order valence-corrected chi connectivity index (χ0v) is 15.0. The molecule has 2 N–H and O–H groups in total. The Labute approximate surface area is 134 Å². The van der Waals surface area contributed by atoms with Gasteiger partial charge in [-0.3, -0.25) is 0 Å². The van der Waals surface area contributed by atoms with Gasteiger partial charge in [-0.1, -0.05) is 84.5 Å². The summed E-state index contributed by atoms with van der Waals surface area (Å²) in [6.07, 6.45) is 17.6. The number of rotatable bonds is 16. The Morgan fingerprint density at radius 2 is 1.19 bits per heavy atom. The highest BCUT2D eigenvalue weighted by molar-refractivity contribution is 4.73. The maximum atomic E-state index is 6.27. The minimum Gasteiger partial charge on any atom is -0.377 e. The van der Waals surface area contributed by atoms with E-state index < -0.39 is 0 Å². The number of nitrogens with two attached hydrogens (primary N) is 1. The second kappa shape index (κ2) is 16.3. The SMILES string of the molecule is CCCCCCCCCCCCC(N)C(CCC)OCC. The zero-order chi connectivity index (χ0) is 15.8. The van der Waals surface area contributed by atoms with Crippen LogP contribution in [0.4, 0.5) is 0 Å². The molecule has 0 heterocycles. The normalized spacial score (nSPS) is 14.3. The molecule has 2 heteroatoms. The van der Waals surface area contributed by atoms with Crippen molar-refractivity contribution in [2.45, 2.75) is 116 Å². The Bertz CT molecular complexity index is 190. The summed E-state index contributed by atoms with van der Waals surface area (Å²) in [6.45, 7) is 7.34. The van der Waals surface area contributed by atoms with Gasteiger partial charge in [-0.2, -0.15) is 0 Å². The van der Waals surface area contributed by atoms with Gasteiger partial charge in [0, 0.05) is 12.6 Å². The molecule has 0 saturated heterocycles. The highest BCUT2D eigenvalue weighted by atomic mass is 16.5. The van der Waals surface area contributed by atoms with Crippen LogP contribution in [0.5, 0.6) is 0 Å². The van der Waals surface area contributed by atoms with E-state index in [1.165, 1.54) is 64.2 Å². The standard InChI is InChI=1S/C19H41NO/c1-4-7-8-9-10-11-12-13-14-15-17-18(20)19(16-5-2)21-6-3/h18-19H,4-17,20H2,1-3H3. The lowest BCUT2D eigenvalue weighted by molar-refractivity contribution is 0.0352. The number of hydrogen-bond acceptors (Lipinski definition) is 2. The first-order valence-electron chi connectivity index (χ1n) is 9.63. The summed E-state index contributed by atoms with van der Waals surface area (Å²) in [6, 6.07) is 0.235. The highest BCUT2D eigenvalue weighted by Gasteiger charge is 2.16. The molecule has 0 aromatic heterocycles. The molecule has 0 spiro atoms. The molecule has 0 aliphatic rings. The Hall–Kier alpha value is -0.0800. The van der Waals surface area contributed by atoms with Gasteiger partial charge in [0.25, 0.3) is 0 Å². The quantitative estimate of drug-likeness (QED) is 0.364. The van der Waals surface area contributed by atoms with Crippen LogP contribution in [0.25, 0.3) is 0 Å². The van der Waals surface area contributed by atoms with Gasteiger partial charge in [-0.15, -0.1) is 0 Å². The van der Waals surface area contributed by atoms with Crippen molar-refractivity contribution in [3.05, 3.63) is 0 Å². The van der Waals surface area contributed by atoms with Gasteiger partial charge in [0.15, 0.2) is 0 Å². The third kappa shape index (κ3) is 13.3. The number of ether oxygens (including phenoxy) is 1. The van der Waals surface area contributed by atoms with Crippen molar-refractivity contribution < 1.29 is 4.74 Å². The molecule has 0 fully saturated rings. The average Bonchev–Trinajstić information content (AvgIpc) is 2.48. The van der Waals surface area contributed by atoms with Gasteiger partial charge >= 0.3 is 0 Å². The highest BCUT2D eigenvalue weighted by Crippen LogP contribution is 2.14. The fraction of sp³-hybridized carbons (Fsp3) is 1.00. The Morgan fingerprint density at radius 3 is 1.67 bits per heavy atom. The van der Waals surface area contributed by atoms with Crippen LogP contribution in [0.3, 0.4) is 0 Å². The first kappa shape index (κ1) is 20.9. The minimum atomic E-state index is 0.235. The van der Waals surface area contributed by atoms with E-state index in [1.807, 2.05) is 0 Å². The van der Waals surface area contributed by atoms with Crippen LogP contribution in [-0.4, -0.2) is 18.8 Å². The lowest BCUT2D eigenvalue weighted by Crippen LogP contribution is -2.36. The number of unbranched alkanes of at least 4 members (excludes halogenated alkanes) is 9. The Kier molecular flexibility index (Phi) is 16.2. The van der Waals surface area contributed by atoms with E-state index >= 15 is 0 Å². The van der Waals surface area contributed by atoms with Crippen LogP contribution in [-0.2, 0) is 4.74 Å². The first-order valence-corrected chi connectivity index (χ1v) is 9.63. The largest absolute Gasteiger partial charge is 0.377 e. The number of hydrogen-bond donors (Lipinski definition) is 1. The zero-order valence-electron chi connectivity index (χ0n) is 15.0. The molecule has 0 aliphatic heterocycles. The molecular formula is C19H41NO. The van der Waals surface area contributed by atoms with Crippen LogP contribution < -0.4 is 5.73 Å². The molecule has 21 heavy (non-hydrogen) atoms. The van der Waals surface area contributed by atoms with Gasteiger partial charge in [0.2, 0.25) is 0 Å². The lowest BCUT2D eigenvalue weighted by Gasteiger charge is -2.23. The summed E-state index contributed by atoms with van der Waals surface area (Å²) in [5, 5.41) is 0. The molecule has 128 valence electrons. The molecule has 0 aromatic rings. The van der Waals surface area contributed by atoms with E-state index in [2.05, 4.69) is 20.8 Å². The van der Waals surface area contributed by atoms with Gasteiger partial charge in [0.05, 0.1) is 6.10 Å². The Balaban J connectivity index is 3.39. The average molecular weight is 300 g/mol. The lowest BCUT2D eigenvalue weighted by atomic mass is 9.99. The second-order valence-electron chi connectivity index (χ2n) is 6.42. The Morgan fingerprint density at radius 1 is 0.667 bits per heavy atom. The summed E-state index contributed by atoms with van der Waals surface area (Å²) >= 11 is 0. The maximum absolute atomic E-state index is 6.27. The van der Waals surface area contributed by atoms with Crippen LogP contribution in [0.15, 0.2) is 0 Å². The third-order valence-electron chi connectivity index (χ3n) is 4.32. The second-order valence-corrected chi connectivity index (χ2v) is 6.42. The molecule has 0 bridgehead atoms. The molecule has 0 saturated carbocycles. The van der Waals surface area contributed by atoms with Crippen LogP contribution >= 0.6 is 0 Å². The van der Waals surface area contributed by atoms with E-state index in [0.29, 0.717) is 0 Å². The van der Waals surface area contributed by atoms with Crippen molar-refractivity contribution >= 4 is 0 Å². The van der Waals surface area contributed by atoms with Crippen LogP contribution in [0.2, 0.25) is 0 Å². The molecule has 0 aromatic carbocycles. The smallest absolute Gasteiger partial charge is 0.0725 e. The van der Waals surface area contributed by atoms with Gasteiger partial charge in [0.1, 0.15) is 0 Å². The van der Waals surface area contributed by atoms with Crippen molar-refractivity contribution in [3.8, 4) is 0 Å². The minimum absolute atomic E-state index is 0.235. The monoisotopic (exact) mass is 299 g/mol. The fourth-order valence-electron chi connectivity index (χ4n) is 2.97. The summed E-state index contributed by atoms with van der Waals surface area (Å²) in [7, 11) is 0. The molecule has 0 amide bonds. The molecule has 2 nitrogen and oxygen atoms in total. The van der Waals surface area contributed by atoms with E-state index in [-0.39, 0.29) is 12.1 Å². The van der Waals surface area contributed by atoms with E-state index in [4.69, 9.17) is 10.5 Å². The van der Waals surface area contributed by atoms with E-state index in [9.17, 15) is 0 Å². The van der Waals surface area contributed by atoms with Crippen molar-refractivity contribution in [2.24, 2.45) is 5.73 Å². The molecular weight excluding hydrogens is 258 g/mol. The molecule has 2 atom stereocenters. The summed E-state index contributed by atoms with van der Waals surface area (Å²) in [5.41, 5.74) is 6.27. The van der Waals surface area contributed by atoms with Crippen LogP contribution in [0.1, 0.15) is 104 Å². The summed E-state index contributed by atoms with van der Waals surface area (Å²) in [4.78, 5) is 0. The molecule has 0 aliphatic carbocycles. The fourth-order valence-corrected chi connectivity index (χ4v) is 2.97. The topological polar surface area (TPSA) is 35.2 Å². The molecule has 0 radical (unpaired) electrons. The summed E-state index contributed by atoms with van der Waals surface area (Å²) in [5.74, 6) is 0. The predicted octanol–water partition coefficient (Wildman–Crippen LogP) is 5.83. The third-order valence-corrected chi connectivity index (χ3v) is 4.32. The summed E-state index contributed by atoms with van der Waals surface area (Å²) < 4.78 is 5.76. The van der Waals surface area contributed by atoms with Crippen molar-refractivity contribution in [2.75, 3.05) is 6.61 Å². The molecule has 2 unspecified atom stereocenters. The van der Waals surface area contributed by atoms with Gasteiger partial charge < -0.3 is 10.5 Å². The first-order chi connectivity index (χ1) is 10.3. The van der Waals surface area contributed by atoms with Crippen molar-refractivity contribution in [1.29, 1.82) is 0 Å². The van der Waals surface area contributed by atoms with Crippen LogP contribution in [0, 0.1) is 0 Å². The van der Waals surface area contributed by atoms with E-state index in [0.717, 1.165) is 25.9 Å². The van der Waals surface area contributed by atoms with E-state index in [1.54, 1.807) is 0 Å². The van der Waals surface area contributed by atoms with Gasteiger partial charge in [-0.25, -0.2) is 0 Å². The van der Waals surface area contributed by atoms with Crippen molar-refractivity contribution in [1.82, 2.24) is 0 Å².